The first-order valence-corrected chi connectivity index (χ1v) is 10.7. The molecule has 1 atom stereocenters. The van der Waals surface area contributed by atoms with Crippen LogP contribution in [-0.2, 0) is 0 Å². The molecule has 0 bridgehead atoms. The van der Waals surface area contributed by atoms with Gasteiger partial charge in [-0.05, 0) is 30.0 Å². The van der Waals surface area contributed by atoms with E-state index >= 15 is 0 Å². The van der Waals surface area contributed by atoms with E-state index in [1.807, 2.05) is 46.7 Å². The molecule has 2 saturated heterocycles. The number of hydrogen-bond acceptors (Lipinski definition) is 5. The fourth-order valence-electron chi connectivity index (χ4n) is 4.06. The van der Waals surface area contributed by atoms with Crippen LogP contribution in [0, 0.1) is 0 Å². The molecule has 0 radical (unpaired) electrons. The molecule has 8 heteroatoms. The Balaban J connectivity index is 0.00000240. The van der Waals surface area contributed by atoms with Crippen molar-refractivity contribution >= 4 is 41.2 Å². The molecule has 0 spiro atoms. The highest BCUT2D eigenvalue weighted by Crippen LogP contribution is 2.26. The topological polar surface area (TPSA) is 55.9 Å². The normalized spacial score (nSPS) is 19.6. The predicted octanol–water partition coefficient (Wildman–Crippen LogP) is 2.57. The lowest BCUT2D eigenvalue weighted by atomic mass is 10.1. The Morgan fingerprint density at radius 1 is 1.10 bits per heavy atom. The SMILES string of the molecule is CN(C(=O)c1cccs1)c1ccccc1C(=O)N1CCC(N2CCNCC2)C1.Cl. The first kappa shape index (κ1) is 21.8. The van der Waals surface area contributed by atoms with Crippen molar-refractivity contribution in [3.63, 3.8) is 0 Å². The lowest BCUT2D eigenvalue weighted by Crippen LogP contribution is -2.49. The third-order valence-electron chi connectivity index (χ3n) is 5.65. The van der Waals surface area contributed by atoms with E-state index in [4.69, 9.17) is 0 Å². The van der Waals surface area contributed by atoms with Gasteiger partial charge in [0.2, 0.25) is 0 Å². The van der Waals surface area contributed by atoms with Crippen molar-refractivity contribution < 1.29 is 9.59 Å². The molecule has 1 N–H and O–H groups in total. The van der Waals surface area contributed by atoms with Gasteiger partial charge in [0.05, 0.1) is 16.1 Å². The molecule has 29 heavy (non-hydrogen) atoms. The highest BCUT2D eigenvalue weighted by molar-refractivity contribution is 7.12. The summed E-state index contributed by atoms with van der Waals surface area (Å²) in [7, 11) is 1.74. The number of thiophene rings is 1. The fraction of sp³-hybridized carbons (Fsp3) is 0.429. The summed E-state index contributed by atoms with van der Waals surface area (Å²) in [6.45, 7) is 5.65. The van der Waals surface area contributed by atoms with Crippen LogP contribution < -0.4 is 10.2 Å². The smallest absolute Gasteiger partial charge is 0.268 e. The first-order chi connectivity index (χ1) is 13.6. The van der Waals surface area contributed by atoms with E-state index in [0.29, 0.717) is 22.2 Å². The number of amides is 2. The summed E-state index contributed by atoms with van der Waals surface area (Å²) in [5, 5.41) is 5.27. The second-order valence-corrected chi connectivity index (χ2v) is 8.29. The van der Waals surface area contributed by atoms with Crippen molar-refractivity contribution in [2.45, 2.75) is 12.5 Å². The predicted molar refractivity (Wildman–Crippen MR) is 119 cm³/mol. The van der Waals surface area contributed by atoms with Gasteiger partial charge in [0.1, 0.15) is 0 Å². The van der Waals surface area contributed by atoms with Crippen LogP contribution in [-0.4, -0.2) is 74.0 Å². The number of piperazine rings is 1. The number of benzene rings is 1. The summed E-state index contributed by atoms with van der Waals surface area (Å²) in [5.41, 5.74) is 1.26. The molecule has 2 fully saturated rings. The maximum atomic E-state index is 13.3. The van der Waals surface area contributed by atoms with Gasteiger partial charge < -0.3 is 15.1 Å². The van der Waals surface area contributed by atoms with Crippen molar-refractivity contribution in [2.75, 3.05) is 51.2 Å². The molecule has 2 aromatic rings. The quantitative estimate of drug-likeness (QED) is 0.803. The number of carbonyl (C=O) groups is 2. The third kappa shape index (κ3) is 4.64. The highest BCUT2D eigenvalue weighted by Gasteiger charge is 2.32. The van der Waals surface area contributed by atoms with Crippen molar-refractivity contribution in [2.24, 2.45) is 0 Å². The summed E-state index contributed by atoms with van der Waals surface area (Å²) in [6.07, 6.45) is 1.01. The lowest BCUT2D eigenvalue weighted by Gasteiger charge is -2.32. The van der Waals surface area contributed by atoms with E-state index in [-0.39, 0.29) is 24.2 Å². The van der Waals surface area contributed by atoms with Gasteiger partial charge in [-0.1, -0.05) is 18.2 Å². The zero-order valence-corrected chi connectivity index (χ0v) is 18.2. The molecule has 1 aromatic heterocycles. The number of carbonyl (C=O) groups excluding carboxylic acids is 2. The molecule has 4 rings (SSSR count). The molecule has 1 aromatic carbocycles. The van der Waals surface area contributed by atoms with Gasteiger partial charge in [-0.15, -0.1) is 23.7 Å². The van der Waals surface area contributed by atoms with Gasteiger partial charge in [0, 0.05) is 52.4 Å². The van der Waals surface area contributed by atoms with Crippen molar-refractivity contribution in [3.05, 3.63) is 52.2 Å². The van der Waals surface area contributed by atoms with Crippen molar-refractivity contribution in [3.8, 4) is 0 Å². The Labute approximate surface area is 181 Å². The Hall–Kier alpha value is -1.93. The van der Waals surface area contributed by atoms with Gasteiger partial charge in [-0.25, -0.2) is 0 Å². The minimum absolute atomic E-state index is 0. The maximum Gasteiger partial charge on any atom is 0.268 e. The Morgan fingerprint density at radius 3 is 2.59 bits per heavy atom. The minimum atomic E-state index is -0.0876. The number of hydrogen-bond donors (Lipinski definition) is 1. The minimum Gasteiger partial charge on any atom is -0.337 e. The van der Waals surface area contributed by atoms with Crippen LogP contribution in [0.2, 0.25) is 0 Å². The van der Waals surface area contributed by atoms with E-state index in [1.54, 1.807) is 11.9 Å². The van der Waals surface area contributed by atoms with Crippen LogP contribution in [0.1, 0.15) is 26.5 Å². The number of nitrogens with one attached hydrogen (secondary N) is 1. The van der Waals surface area contributed by atoms with Gasteiger partial charge in [0.15, 0.2) is 0 Å². The standard InChI is InChI=1S/C21H26N4O2S.ClH/c1-23(21(27)19-7-4-14-28-19)18-6-3-2-5-17(18)20(26)25-11-8-16(15-25)24-12-9-22-10-13-24;/h2-7,14,16,22H,8-13,15H2,1H3;1H. The summed E-state index contributed by atoms with van der Waals surface area (Å²) in [6, 6.07) is 11.5. The number of rotatable bonds is 4. The van der Waals surface area contributed by atoms with Gasteiger partial charge in [0.25, 0.3) is 11.8 Å². The maximum absolute atomic E-state index is 13.3. The van der Waals surface area contributed by atoms with Crippen molar-refractivity contribution in [1.82, 2.24) is 15.1 Å². The van der Waals surface area contributed by atoms with Gasteiger partial charge in [-0.2, -0.15) is 0 Å². The Bertz CT molecular complexity index is 839. The fourth-order valence-corrected chi connectivity index (χ4v) is 4.76. The summed E-state index contributed by atoms with van der Waals surface area (Å²) in [4.78, 5) is 32.7. The van der Waals surface area contributed by atoms with Crippen LogP contribution in [0.4, 0.5) is 5.69 Å². The molecule has 1 unspecified atom stereocenters. The van der Waals surface area contributed by atoms with Crippen LogP contribution in [0.15, 0.2) is 41.8 Å². The molecule has 2 amide bonds. The van der Waals surface area contributed by atoms with E-state index in [0.717, 1.165) is 45.7 Å². The molecule has 6 nitrogen and oxygen atoms in total. The van der Waals surface area contributed by atoms with Gasteiger partial charge in [-0.3, -0.25) is 14.5 Å². The van der Waals surface area contributed by atoms with Crippen LogP contribution in [0.5, 0.6) is 0 Å². The van der Waals surface area contributed by atoms with E-state index in [2.05, 4.69) is 10.2 Å². The number of likely N-dealkylation sites (tertiary alicyclic amines) is 1. The average molecular weight is 435 g/mol. The second-order valence-electron chi connectivity index (χ2n) is 7.34. The van der Waals surface area contributed by atoms with E-state index in [1.165, 1.54) is 11.3 Å². The monoisotopic (exact) mass is 434 g/mol. The molecule has 0 aliphatic carbocycles. The zero-order valence-electron chi connectivity index (χ0n) is 16.5. The molecular weight excluding hydrogens is 408 g/mol. The van der Waals surface area contributed by atoms with Crippen LogP contribution in [0.3, 0.4) is 0 Å². The molecule has 3 heterocycles. The zero-order chi connectivity index (χ0) is 19.5. The summed E-state index contributed by atoms with van der Waals surface area (Å²) in [5.74, 6) is -0.0746. The molecule has 0 saturated carbocycles. The lowest BCUT2D eigenvalue weighted by molar-refractivity contribution is 0.0774. The second kappa shape index (κ2) is 9.71. The largest absolute Gasteiger partial charge is 0.337 e. The van der Waals surface area contributed by atoms with Crippen LogP contribution in [0.25, 0.3) is 0 Å². The highest BCUT2D eigenvalue weighted by atomic mass is 35.5. The molecule has 2 aliphatic heterocycles. The van der Waals surface area contributed by atoms with E-state index in [9.17, 15) is 9.59 Å². The Kier molecular flexibility index (Phi) is 7.29. The third-order valence-corrected chi connectivity index (χ3v) is 6.51. The molecule has 156 valence electrons. The number of nitrogens with zero attached hydrogens (tertiary/aromatic N) is 3. The summed E-state index contributed by atoms with van der Waals surface area (Å²) < 4.78 is 0. The van der Waals surface area contributed by atoms with Gasteiger partial charge >= 0.3 is 0 Å². The first-order valence-electron chi connectivity index (χ1n) is 9.80. The molecular formula is C21H27ClN4O2S. The number of halogens is 1. The van der Waals surface area contributed by atoms with E-state index < -0.39 is 0 Å². The Morgan fingerprint density at radius 2 is 1.86 bits per heavy atom. The summed E-state index contributed by atoms with van der Waals surface area (Å²) >= 11 is 1.41. The van der Waals surface area contributed by atoms with Crippen LogP contribution >= 0.6 is 23.7 Å². The average Bonchev–Trinajstić information content (AvgIpc) is 3.45. The number of anilines is 1. The van der Waals surface area contributed by atoms with Crippen molar-refractivity contribution in [1.29, 1.82) is 0 Å². The molecule has 2 aliphatic rings. The number of para-hydroxylation sites is 1.